The van der Waals surface area contributed by atoms with Crippen molar-refractivity contribution in [3.63, 3.8) is 0 Å². The first-order chi connectivity index (χ1) is 8.68. The lowest BCUT2D eigenvalue weighted by Gasteiger charge is -2.27. The molecule has 1 aromatic carbocycles. The second-order valence-corrected chi connectivity index (χ2v) is 7.48. The van der Waals surface area contributed by atoms with Crippen LogP contribution in [0, 0.1) is 0 Å². The number of hydrogen-bond acceptors (Lipinski definition) is 2. The highest BCUT2D eigenvalue weighted by atomic mass is 16.6. The Morgan fingerprint density at radius 1 is 1.11 bits per heavy atom. The van der Waals surface area contributed by atoms with E-state index in [0.29, 0.717) is 12.7 Å². The van der Waals surface area contributed by atoms with Gasteiger partial charge in [0.2, 0.25) is 0 Å². The standard InChI is InChI=1S/C17H26O2/c1-16(2,3)12-7-8-15(19-11-13-10-18-13)14(9-12)17(4,5)6/h7-9,13H,10-11H2,1-6H3/t13-/m1/s1. The molecule has 2 nitrogen and oxygen atoms in total. The quantitative estimate of drug-likeness (QED) is 0.766. The lowest BCUT2D eigenvalue weighted by molar-refractivity contribution is 0.258. The second kappa shape index (κ2) is 4.82. The van der Waals surface area contributed by atoms with Gasteiger partial charge in [0.25, 0.3) is 0 Å². The first-order valence-corrected chi connectivity index (χ1v) is 7.07. The van der Waals surface area contributed by atoms with E-state index in [1.54, 1.807) is 0 Å². The van der Waals surface area contributed by atoms with Gasteiger partial charge in [0.1, 0.15) is 18.5 Å². The van der Waals surface area contributed by atoms with Crippen molar-refractivity contribution in [2.45, 2.75) is 58.5 Å². The molecular weight excluding hydrogens is 236 g/mol. The summed E-state index contributed by atoms with van der Waals surface area (Å²) in [6.07, 6.45) is 0.301. The Bertz CT molecular complexity index is 445. The van der Waals surface area contributed by atoms with E-state index in [9.17, 15) is 0 Å². The van der Waals surface area contributed by atoms with Gasteiger partial charge in [-0.05, 0) is 28.0 Å². The van der Waals surface area contributed by atoms with Crippen molar-refractivity contribution in [1.82, 2.24) is 0 Å². The minimum Gasteiger partial charge on any atom is -0.490 e. The van der Waals surface area contributed by atoms with Crippen molar-refractivity contribution in [3.05, 3.63) is 29.3 Å². The molecule has 0 aliphatic carbocycles. The normalized spacial score (nSPS) is 19.4. The predicted molar refractivity (Wildman–Crippen MR) is 79.1 cm³/mol. The van der Waals surface area contributed by atoms with Crippen LogP contribution in [0.4, 0.5) is 0 Å². The third-order valence-corrected chi connectivity index (χ3v) is 3.48. The molecule has 1 fully saturated rings. The van der Waals surface area contributed by atoms with E-state index < -0.39 is 0 Å². The van der Waals surface area contributed by atoms with E-state index in [1.807, 2.05) is 0 Å². The third kappa shape index (κ3) is 3.73. The Kier molecular flexibility index (Phi) is 3.65. The summed E-state index contributed by atoms with van der Waals surface area (Å²) >= 11 is 0. The molecule has 0 unspecified atom stereocenters. The molecule has 0 radical (unpaired) electrons. The van der Waals surface area contributed by atoms with Crippen LogP contribution >= 0.6 is 0 Å². The average molecular weight is 262 g/mol. The Balaban J connectivity index is 2.30. The van der Waals surface area contributed by atoms with Crippen LogP contribution in [0.1, 0.15) is 52.7 Å². The van der Waals surface area contributed by atoms with Gasteiger partial charge in [0, 0.05) is 0 Å². The van der Waals surface area contributed by atoms with Gasteiger partial charge in [0.15, 0.2) is 0 Å². The Hall–Kier alpha value is -1.02. The third-order valence-electron chi connectivity index (χ3n) is 3.48. The summed E-state index contributed by atoms with van der Waals surface area (Å²) in [6.45, 7) is 14.9. The minimum absolute atomic E-state index is 0.0843. The molecule has 1 aliphatic rings. The van der Waals surface area contributed by atoms with E-state index >= 15 is 0 Å². The lowest BCUT2D eigenvalue weighted by atomic mass is 9.80. The van der Waals surface area contributed by atoms with Crippen LogP contribution in [0.25, 0.3) is 0 Å². The molecule has 1 aromatic rings. The molecule has 1 saturated heterocycles. The van der Waals surface area contributed by atoms with Crippen molar-refractivity contribution >= 4 is 0 Å². The summed E-state index contributed by atoms with van der Waals surface area (Å²) in [5.41, 5.74) is 2.88. The van der Waals surface area contributed by atoms with Crippen LogP contribution in [0.2, 0.25) is 0 Å². The van der Waals surface area contributed by atoms with Crippen LogP contribution in [0.15, 0.2) is 18.2 Å². The molecule has 0 N–H and O–H groups in total. The van der Waals surface area contributed by atoms with Crippen LogP contribution in [0.3, 0.4) is 0 Å². The van der Waals surface area contributed by atoms with E-state index in [1.165, 1.54) is 11.1 Å². The molecule has 0 saturated carbocycles. The van der Waals surface area contributed by atoms with E-state index in [4.69, 9.17) is 9.47 Å². The van der Waals surface area contributed by atoms with Crippen molar-refractivity contribution in [2.75, 3.05) is 13.2 Å². The highest BCUT2D eigenvalue weighted by Crippen LogP contribution is 2.35. The van der Waals surface area contributed by atoms with Crippen LogP contribution in [-0.2, 0) is 15.6 Å². The summed E-state index contributed by atoms with van der Waals surface area (Å²) in [6, 6.07) is 6.59. The molecule has 1 atom stereocenters. The van der Waals surface area contributed by atoms with Gasteiger partial charge in [-0.1, -0.05) is 53.7 Å². The van der Waals surface area contributed by atoms with E-state index in [2.05, 4.69) is 59.7 Å². The first-order valence-electron chi connectivity index (χ1n) is 7.07. The number of rotatable bonds is 3. The summed E-state index contributed by atoms with van der Waals surface area (Å²) < 4.78 is 11.1. The van der Waals surface area contributed by atoms with Crippen LogP contribution in [-0.4, -0.2) is 19.3 Å². The maximum atomic E-state index is 5.93. The van der Waals surface area contributed by atoms with Crippen LogP contribution in [0.5, 0.6) is 5.75 Å². The molecular formula is C17H26O2. The molecule has 1 aliphatic heterocycles. The minimum atomic E-state index is 0.0843. The topological polar surface area (TPSA) is 21.8 Å². The number of benzene rings is 1. The molecule has 19 heavy (non-hydrogen) atoms. The predicted octanol–water partition coefficient (Wildman–Crippen LogP) is 4.06. The van der Waals surface area contributed by atoms with E-state index in [-0.39, 0.29) is 10.8 Å². The van der Waals surface area contributed by atoms with Crippen molar-refractivity contribution in [3.8, 4) is 5.75 Å². The molecule has 2 rings (SSSR count). The van der Waals surface area contributed by atoms with E-state index in [0.717, 1.165) is 12.4 Å². The largest absolute Gasteiger partial charge is 0.490 e. The fourth-order valence-corrected chi connectivity index (χ4v) is 2.06. The van der Waals surface area contributed by atoms with Gasteiger partial charge in [-0.2, -0.15) is 0 Å². The summed E-state index contributed by atoms with van der Waals surface area (Å²) in [4.78, 5) is 0. The maximum absolute atomic E-state index is 5.93. The molecule has 0 aromatic heterocycles. The Morgan fingerprint density at radius 2 is 1.74 bits per heavy atom. The van der Waals surface area contributed by atoms with Crippen molar-refractivity contribution in [2.24, 2.45) is 0 Å². The smallest absolute Gasteiger partial charge is 0.123 e. The van der Waals surface area contributed by atoms with Gasteiger partial charge in [-0.15, -0.1) is 0 Å². The maximum Gasteiger partial charge on any atom is 0.123 e. The molecule has 0 spiro atoms. The second-order valence-electron chi connectivity index (χ2n) is 7.48. The number of epoxide rings is 1. The zero-order valence-corrected chi connectivity index (χ0v) is 13.0. The SMILES string of the molecule is CC(C)(C)c1ccc(OC[C@H]2CO2)c(C(C)(C)C)c1. The van der Waals surface area contributed by atoms with Gasteiger partial charge in [0.05, 0.1) is 6.61 Å². The first kappa shape index (κ1) is 14.4. The van der Waals surface area contributed by atoms with Gasteiger partial charge in [-0.25, -0.2) is 0 Å². The fourth-order valence-electron chi connectivity index (χ4n) is 2.06. The molecule has 0 bridgehead atoms. The number of hydrogen-bond donors (Lipinski definition) is 0. The monoisotopic (exact) mass is 262 g/mol. The van der Waals surface area contributed by atoms with Gasteiger partial charge < -0.3 is 9.47 Å². The number of ether oxygens (including phenoxy) is 2. The summed E-state index contributed by atoms with van der Waals surface area (Å²) in [5.74, 6) is 0.996. The Labute approximate surface area is 117 Å². The van der Waals surface area contributed by atoms with Crippen molar-refractivity contribution < 1.29 is 9.47 Å². The lowest BCUT2D eigenvalue weighted by Crippen LogP contribution is -2.18. The molecule has 0 amide bonds. The van der Waals surface area contributed by atoms with Crippen molar-refractivity contribution in [1.29, 1.82) is 0 Å². The zero-order chi connectivity index (χ0) is 14.3. The molecule has 2 heteroatoms. The summed E-state index contributed by atoms with van der Waals surface area (Å²) in [5, 5.41) is 0. The fraction of sp³-hybridized carbons (Fsp3) is 0.647. The van der Waals surface area contributed by atoms with Crippen LogP contribution < -0.4 is 4.74 Å². The molecule has 1 heterocycles. The Morgan fingerprint density at radius 3 is 2.21 bits per heavy atom. The van der Waals surface area contributed by atoms with Gasteiger partial charge in [-0.3, -0.25) is 0 Å². The average Bonchev–Trinajstić information content (AvgIpc) is 3.07. The molecule has 106 valence electrons. The zero-order valence-electron chi connectivity index (χ0n) is 13.0. The summed E-state index contributed by atoms with van der Waals surface area (Å²) in [7, 11) is 0. The van der Waals surface area contributed by atoms with Gasteiger partial charge >= 0.3 is 0 Å². The highest BCUT2D eigenvalue weighted by Gasteiger charge is 2.26. The highest BCUT2D eigenvalue weighted by molar-refractivity contribution is 5.43.